The summed E-state index contributed by atoms with van der Waals surface area (Å²) in [5.41, 5.74) is 0. The summed E-state index contributed by atoms with van der Waals surface area (Å²) in [4.78, 5) is 12.1. The first-order valence-corrected chi connectivity index (χ1v) is 8.92. The molecule has 1 N–H and O–H groups in total. The van der Waals surface area contributed by atoms with E-state index in [0.29, 0.717) is 6.54 Å². The molecule has 118 valence electrons. The standard InChI is InChI=1S/C13H19ClN2O4S/c1-8(2)9-6-16(21(3,18)19)7-10(9)15-13(17)11-4-5-12(14)20-11/h4-5,8-10H,6-7H2,1-3H3,(H,15,17)/t9-,10+/m1/s1. The summed E-state index contributed by atoms with van der Waals surface area (Å²) >= 11 is 5.65. The summed E-state index contributed by atoms with van der Waals surface area (Å²) in [6, 6.07) is 2.75. The zero-order valence-corrected chi connectivity index (χ0v) is 13.7. The normalized spacial score (nSPS) is 23.7. The molecule has 1 fully saturated rings. The molecule has 1 aromatic rings. The molecule has 0 saturated carbocycles. The molecular weight excluding hydrogens is 316 g/mol. The van der Waals surface area contributed by atoms with E-state index in [4.69, 9.17) is 16.0 Å². The maximum Gasteiger partial charge on any atom is 0.287 e. The van der Waals surface area contributed by atoms with E-state index >= 15 is 0 Å². The van der Waals surface area contributed by atoms with Gasteiger partial charge in [-0.3, -0.25) is 4.79 Å². The molecule has 2 atom stereocenters. The van der Waals surface area contributed by atoms with Crippen molar-refractivity contribution in [1.82, 2.24) is 9.62 Å². The minimum absolute atomic E-state index is 0.0640. The van der Waals surface area contributed by atoms with E-state index in [1.54, 1.807) is 0 Å². The molecule has 1 aliphatic rings. The average molecular weight is 335 g/mol. The largest absolute Gasteiger partial charge is 0.440 e. The minimum atomic E-state index is -3.26. The number of hydrogen-bond acceptors (Lipinski definition) is 4. The maximum absolute atomic E-state index is 12.1. The molecule has 1 saturated heterocycles. The van der Waals surface area contributed by atoms with Crippen molar-refractivity contribution in [2.45, 2.75) is 19.9 Å². The number of halogens is 1. The Morgan fingerprint density at radius 1 is 1.43 bits per heavy atom. The molecule has 1 aromatic heterocycles. The van der Waals surface area contributed by atoms with Gasteiger partial charge in [0, 0.05) is 19.1 Å². The Balaban J connectivity index is 2.12. The first kappa shape index (κ1) is 16.3. The topological polar surface area (TPSA) is 79.6 Å². The highest BCUT2D eigenvalue weighted by atomic mass is 35.5. The van der Waals surface area contributed by atoms with Crippen molar-refractivity contribution in [3.8, 4) is 0 Å². The maximum atomic E-state index is 12.1. The highest BCUT2D eigenvalue weighted by molar-refractivity contribution is 7.88. The lowest BCUT2D eigenvalue weighted by atomic mass is 9.91. The molecule has 0 aliphatic carbocycles. The summed E-state index contributed by atoms with van der Waals surface area (Å²) < 4.78 is 29.8. The molecule has 0 bridgehead atoms. The van der Waals surface area contributed by atoms with E-state index in [1.807, 2.05) is 13.8 Å². The fraction of sp³-hybridized carbons (Fsp3) is 0.615. The third-order valence-corrected chi connectivity index (χ3v) is 5.21. The van der Waals surface area contributed by atoms with Crippen molar-refractivity contribution in [2.75, 3.05) is 19.3 Å². The van der Waals surface area contributed by atoms with Gasteiger partial charge in [-0.2, -0.15) is 4.31 Å². The van der Waals surface area contributed by atoms with Crippen LogP contribution in [0.1, 0.15) is 24.4 Å². The molecule has 0 aromatic carbocycles. The van der Waals surface area contributed by atoms with Crippen LogP contribution in [0.4, 0.5) is 0 Å². The van der Waals surface area contributed by atoms with Crippen molar-refractivity contribution in [3.05, 3.63) is 23.1 Å². The van der Waals surface area contributed by atoms with Gasteiger partial charge in [0.25, 0.3) is 5.91 Å². The van der Waals surface area contributed by atoms with Crippen molar-refractivity contribution in [1.29, 1.82) is 0 Å². The first-order valence-electron chi connectivity index (χ1n) is 6.70. The molecule has 1 amide bonds. The molecule has 2 rings (SSSR count). The molecule has 6 nitrogen and oxygen atoms in total. The van der Waals surface area contributed by atoms with Gasteiger partial charge in [0.2, 0.25) is 10.0 Å². The van der Waals surface area contributed by atoms with Gasteiger partial charge in [-0.25, -0.2) is 8.42 Å². The number of nitrogens with zero attached hydrogens (tertiary/aromatic N) is 1. The third-order valence-electron chi connectivity index (χ3n) is 3.77. The Kier molecular flexibility index (Phi) is 4.65. The van der Waals surface area contributed by atoms with Crippen LogP contribution in [0, 0.1) is 11.8 Å². The Labute approximate surface area is 129 Å². The van der Waals surface area contributed by atoms with Gasteiger partial charge in [0.05, 0.1) is 6.26 Å². The smallest absolute Gasteiger partial charge is 0.287 e. The molecular formula is C13H19ClN2O4S. The van der Waals surface area contributed by atoms with Gasteiger partial charge < -0.3 is 9.73 Å². The second-order valence-corrected chi connectivity index (χ2v) is 8.03. The molecule has 21 heavy (non-hydrogen) atoms. The summed E-state index contributed by atoms with van der Waals surface area (Å²) in [6.07, 6.45) is 1.18. The van der Waals surface area contributed by atoms with Gasteiger partial charge in [-0.1, -0.05) is 13.8 Å². The lowest BCUT2D eigenvalue weighted by Gasteiger charge is -2.22. The van der Waals surface area contributed by atoms with Crippen LogP contribution in [0.2, 0.25) is 5.22 Å². The highest BCUT2D eigenvalue weighted by Gasteiger charge is 2.39. The van der Waals surface area contributed by atoms with E-state index in [0.717, 1.165) is 0 Å². The van der Waals surface area contributed by atoms with Crippen LogP contribution < -0.4 is 5.32 Å². The third kappa shape index (κ3) is 3.78. The molecule has 0 radical (unpaired) electrons. The van der Waals surface area contributed by atoms with Crippen LogP contribution in [-0.2, 0) is 10.0 Å². The second kappa shape index (κ2) is 5.98. The summed E-state index contributed by atoms with van der Waals surface area (Å²) in [7, 11) is -3.26. The van der Waals surface area contributed by atoms with E-state index in [1.165, 1.54) is 22.7 Å². The lowest BCUT2D eigenvalue weighted by molar-refractivity contribution is 0.0897. The van der Waals surface area contributed by atoms with Crippen LogP contribution >= 0.6 is 11.6 Å². The van der Waals surface area contributed by atoms with E-state index in [9.17, 15) is 13.2 Å². The Bertz CT molecular complexity index is 626. The van der Waals surface area contributed by atoms with Crippen molar-refractivity contribution < 1.29 is 17.6 Å². The highest BCUT2D eigenvalue weighted by Crippen LogP contribution is 2.26. The Morgan fingerprint density at radius 2 is 2.10 bits per heavy atom. The summed E-state index contributed by atoms with van der Waals surface area (Å²) in [5, 5.41) is 2.99. The van der Waals surface area contributed by atoms with Gasteiger partial charge in [-0.05, 0) is 35.6 Å². The van der Waals surface area contributed by atoms with E-state index in [-0.39, 0.29) is 41.3 Å². The van der Waals surface area contributed by atoms with E-state index < -0.39 is 10.0 Å². The molecule has 2 heterocycles. The SMILES string of the molecule is CC(C)[C@H]1CN(S(C)(=O)=O)C[C@@H]1NC(=O)c1ccc(Cl)o1. The zero-order valence-electron chi connectivity index (χ0n) is 12.2. The molecule has 8 heteroatoms. The van der Waals surface area contributed by atoms with Crippen LogP contribution in [0.3, 0.4) is 0 Å². The Morgan fingerprint density at radius 3 is 2.57 bits per heavy atom. The number of nitrogens with one attached hydrogen (secondary N) is 1. The van der Waals surface area contributed by atoms with Crippen molar-refractivity contribution in [2.24, 2.45) is 11.8 Å². The predicted molar refractivity (Wildman–Crippen MR) is 79.7 cm³/mol. The molecule has 0 spiro atoms. The zero-order chi connectivity index (χ0) is 15.8. The van der Waals surface area contributed by atoms with Crippen LogP contribution in [0.15, 0.2) is 16.5 Å². The number of hydrogen-bond donors (Lipinski definition) is 1. The van der Waals surface area contributed by atoms with Gasteiger partial charge >= 0.3 is 0 Å². The van der Waals surface area contributed by atoms with Crippen LogP contribution in [-0.4, -0.2) is 44.0 Å². The quantitative estimate of drug-likeness (QED) is 0.906. The van der Waals surface area contributed by atoms with Crippen LogP contribution in [0.5, 0.6) is 0 Å². The number of rotatable bonds is 4. The predicted octanol–water partition coefficient (Wildman–Crippen LogP) is 1.58. The molecule has 1 aliphatic heterocycles. The number of furan rings is 1. The number of sulfonamides is 1. The van der Waals surface area contributed by atoms with Crippen molar-refractivity contribution in [3.63, 3.8) is 0 Å². The molecule has 0 unspecified atom stereocenters. The van der Waals surface area contributed by atoms with Crippen LogP contribution in [0.25, 0.3) is 0 Å². The summed E-state index contributed by atoms with van der Waals surface area (Å²) in [5.74, 6) is 0.0598. The number of amides is 1. The second-order valence-electron chi connectivity index (χ2n) is 5.67. The number of carbonyl (C=O) groups excluding carboxylic acids is 1. The van der Waals surface area contributed by atoms with E-state index in [2.05, 4.69) is 5.32 Å². The van der Waals surface area contributed by atoms with Gasteiger partial charge in [0.15, 0.2) is 11.0 Å². The summed E-state index contributed by atoms with van der Waals surface area (Å²) in [6.45, 7) is 4.72. The monoisotopic (exact) mass is 334 g/mol. The lowest BCUT2D eigenvalue weighted by Crippen LogP contribution is -2.42. The first-order chi connectivity index (χ1) is 9.68. The fourth-order valence-corrected chi connectivity index (χ4v) is 3.59. The van der Waals surface area contributed by atoms with Gasteiger partial charge in [0.1, 0.15) is 0 Å². The Hall–Kier alpha value is -1.05. The van der Waals surface area contributed by atoms with Gasteiger partial charge in [-0.15, -0.1) is 0 Å². The number of carbonyl (C=O) groups is 1. The van der Waals surface area contributed by atoms with Crippen molar-refractivity contribution >= 4 is 27.5 Å². The fourth-order valence-electron chi connectivity index (χ4n) is 2.57. The minimum Gasteiger partial charge on any atom is -0.440 e. The average Bonchev–Trinajstić information content (AvgIpc) is 2.94.